The van der Waals surface area contributed by atoms with Crippen molar-refractivity contribution in [2.75, 3.05) is 13.1 Å². The first-order valence-electron chi connectivity index (χ1n) is 12.1. The number of fused-ring (bicyclic) bond motifs is 1. The van der Waals surface area contributed by atoms with Crippen molar-refractivity contribution in [3.63, 3.8) is 0 Å². The predicted octanol–water partition coefficient (Wildman–Crippen LogP) is 1.71. The highest BCUT2D eigenvalue weighted by atomic mass is 32.1. The van der Waals surface area contributed by atoms with Crippen molar-refractivity contribution in [1.29, 1.82) is 0 Å². The van der Waals surface area contributed by atoms with Crippen molar-refractivity contribution in [3.05, 3.63) is 75.1 Å². The molecule has 1 aliphatic rings. The first-order valence-corrected chi connectivity index (χ1v) is 13.0. The third-order valence-corrected chi connectivity index (χ3v) is 7.48. The molecule has 0 bridgehead atoms. The quantitative estimate of drug-likeness (QED) is 0.327. The first kappa shape index (κ1) is 25.4. The second-order valence-corrected chi connectivity index (χ2v) is 9.97. The summed E-state index contributed by atoms with van der Waals surface area (Å²) in [5.41, 5.74) is 7.46. The molecule has 196 valence electrons. The van der Waals surface area contributed by atoms with Gasteiger partial charge in [0.2, 0.25) is 0 Å². The van der Waals surface area contributed by atoms with Gasteiger partial charge in [0.15, 0.2) is 17.4 Å². The molecule has 3 amide bonds. The average Bonchev–Trinajstić information content (AvgIpc) is 3.59. The molecule has 3 N–H and O–H groups in total. The van der Waals surface area contributed by atoms with E-state index in [0.717, 1.165) is 10.7 Å². The summed E-state index contributed by atoms with van der Waals surface area (Å²) in [7, 11) is 0. The van der Waals surface area contributed by atoms with E-state index in [9.17, 15) is 19.5 Å². The lowest BCUT2D eigenvalue weighted by atomic mass is 9.97. The van der Waals surface area contributed by atoms with E-state index in [-0.39, 0.29) is 23.2 Å². The Labute approximate surface area is 221 Å². The zero-order valence-corrected chi connectivity index (χ0v) is 21.6. The van der Waals surface area contributed by atoms with Crippen LogP contribution in [0.1, 0.15) is 67.8 Å². The van der Waals surface area contributed by atoms with Gasteiger partial charge in [0.25, 0.3) is 17.7 Å². The summed E-state index contributed by atoms with van der Waals surface area (Å²) in [5, 5.41) is 25.2. The number of benzene rings is 1. The van der Waals surface area contributed by atoms with Crippen LogP contribution in [0.25, 0.3) is 5.65 Å². The van der Waals surface area contributed by atoms with Gasteiger partial charge in [-0.2, -0.15) is 5.10 Å². The van der Waals surface area contributed by atoms with E-state index in [1.165, 1.54) is 11.3 Å². The third kappa shape index (κ3) is 5.10. The fourth-order valence-corrected chi connectivity index (χ4v) is 5.34. The molecule has 1 unspecified atom stereocenters. The molecule has 13 heteroatoms. The highest BCUT2D eigenvalue weighted by Crippen LogP contribution is 2.31. The Balaban J connectivity index is 1.15. The number of nitrogens with one attached hydrogen (secondary N) is 2. The van der Waals surface area contributed by atoms with E-state index in [1.807, 2.05) is 13.0 Å². The number of hydrogen-bond acceptors (Lipinski definition) is 9. The smallest absolute Gasteiger partial charge is 0.289 e. The van der Waals surface area contributed by atoms with Crippen LogP contribution in [-0.4, -0.2) is 65.6 Å². The molecule has 5 rings (SSSR count). The maximum absolute atomic E-state index is 13.1. The first-order chi connectivity index (χ1) is 18.3. The molecule has 1 fully saturated rings. The number of likely N-dealkylation sites (tertiary alicyclic amines) is 1. The largest absolute Gasteiger partial charge is 0.378 e. The van der Waals surface area contributed by atoms with Crippen LogP contribution in [-0.2, 0) is 4.79 Å². The van der Waals surface area contributed by atoms with E-state index in [0.29, 0.717) is 42.8 Å². The van der Waals surface area contributed by atoms with Gasteiger partial charge in [0, 0.05) is 30.5 Å². The van der Waals surface area contributed by atoms with Crippen molar-refractivity contribution in [2.24, 2.45) is 0 Å². The van der Waals surface area contributed by atoms with E-state index in [1.54, 1.807) is 52.1 Å². The Kier molecular flexibility index (Phi) is 7.11. The van der Waals surface area contributed by atoms with Crippen molar-refractivity contribution >= 4 is 34.7 Å². The Morgan fingerprint density at radius 2 is 1.82 bits per heavy atom. The Bertz CT molecular complexity index is 1490. The zero-order valence-electron chi connectivity index (χ0n) is 20.8. The SMILES string of the molecule is Cc1cc2nnc(C(=O)N3CCC(c4nc(C(=O)NNC(=O)C(O)c5ccccc5)cs4)CC3)c(C)n2n1. The number of nitrogens with zero attached hydrogens (tertiary/aromatic N) is 6. The predicted molar refractivity (Wildman–Crippen MR) is 137 cm³/mol. The van der Waals surface area contributed by atoms with Crippen molar-refractivity contribution in [1.82, 2.24) is 40.5 Å². The minimum absolute atomic E-state index is 0.100. The second-order valence-electron chi connectivity index (χ2n) is 9.08. The van der Waals surface area contributed by atoms with Crippen molar-refractivity contribution < 1.29 is 19.5 Å². The van der Waals surface area contributed by atoms with Gasteiger partial charge in [-0.3, -0.25) is 25.2 Å². The molecule has 4 heterocycles. The number of carbonyl (C=O) groups is 3. The zero-order chi connectivity index (χ0) is 26.8. The summed E-state index contributed by atoms with van der Waals surface area (Å²) >= 11 is 1.36. The van der Waals surface area contributed by atoms with Gasteiger partial charge in [0.05, 0.1) is 16.4 Å². The van der Waals surface area contributed by atoms with Crippen molar-refractivity contribution in [2.45, 2.75) is 38.7 Å². The molecule has 4 aromatic rings. The Morgan fingerprint density at radius 1 is 1.08 bits per heavy atom. The molecule has 3 aromatic heterocycles. The van der Waals surface area contributed by atoms with Crippen LogP contribution in [0.5, 0.6) is 0 Å². The fourth-order valence-electron chi connectivity index (χ4n) is 4.37. The molecular formula is C25H26N8O4S. The van der Waals surface area contributed by atoms with Crippen molar-refractivity contribution in [3.8, 4) is 0 Å². The molecule has 0 saturated carbocycles. The monoisotopic (exact) mass is 534 g/mol. The van der Waals surface area contributed by atoms with Crippen LogP contribution >= 0.6 is 11.3 Å². The van der Waals surface area contributed by atoms with E-state index in [4.69, 9.17) is 0 Å². The molecule has 1 aliphatic heterocycles. The lowest BCUT2D eigenvalue weighted by Gasteiger charge is -2.31. The summed E-state index contributed by atoms with van der Waals surface area (Å²) in [5.74, 6) is -1.41. The number of carbonyl (C=O) groups excluding carboxylic acids is 3. The molecule has 12 nitrogen and oxygen atoms in total. The average molecular weight is 535 g/mol. The summed E-state index contributed by atoms with van der Waals surface area (Å²) in [6.45, 7) is 4.71. The number of amides is 3. The third-order valence-electron chi connectivity index (χ3n) is 6.48. The minimum atomic E-state index is -1.41. The maximum Gasteiger partial charge on any atom is 0.289 e. The van der Waals surface area contributed by atoms with E-state index < -0.39 is 17.9 Å². The fraction of sp³-hybridized carbons (Fsp3) is 0.320. The summed E-state index contributed by atoms with van der Waals surface area (Å²) in [6, 6.07) is 10.2. The lowest BCUT2D eigenvalue weighted by molar-refractivity contribution is -0.130. The summed E-state index contributed by atoms with van der Waals surface area (Å²) < 4.78 is 1.63. The standard InChI is InChI=1S/C25H26N8O4S/c1-14-12-19-27-28-20(15(2)33(19)31-14)25(37)32-10-8-17(9-11-32)24-26-18(13-38-24)22(35)29-30-23(36)21(34)16-6-4-3-5-7-16/h3-7,12-13,17,21,34H,8-11H2,1-2H3,(H,29,35)(H,30,36). The van der Waals surface area contributed by atoms with Gasteiger partial charge >= 0.3 is 0 Å². The maximum atomic E-state index is 13.1. The van der Waals surface area contributed by atoms with Crippen LogP contribution < -0.4 is 10.9 Å². The minimum Gasteiger partial charge on any atom is -0.378 e. The molecule has 0 spiro atoms. The molecular weight excluding hydrogens is 508 g/mol. The van der Waals surface area contributed by atoms with Gasteiger partial charge in [-0.05, 0) is 32.3 Å². The topological polar surface area (TPSA) is 155 Å². The van der Waals surface area contributed by atoms with Crippen LogP contribution in [0, 0.1) is 13.8 Å². The van der Waals surface area contributed by atoms with Crippen LogP contribution in [0.15, 0.2) is 41.8 Å². The normalized spacial score (nSPS) is 14.9. The Morgan fingerprint density at radius 3 is 2.55 bits per heavy atom. The number of aliphatic hydroxyl groups excluding tert-OH is 1. The molecule has 0 aliphatic carbocycles. The molecule has 38 heavy (non-hydrogen) atoms. The number of aryl methyl sites for hydroxylation is 2. The number of aromatic nitrogens is 5. The highest BCUT2D eigenvalue weighted by Gasteiger charge is 2.29. The second kappa shape index (κ2) is 10.6. The number of hydrogen-bond donors (Lipinski definition) is 3. The van der Waals surface area contributed by atoms with Crippen LogP contribution in [0.2, 0.25) is 0 Å². The molecule has 0 radical (unpaired) electrons. The molecule has 1 saturated heterocycles. The number of piperidine rings is 1. The number of rotatable bonds is 5. The van der Waals surface area contributed by atoms with Gasteiger partial charge in [0.1, 0.15) is 5.69 Å². The lowest BCUT2D eigenvalue weighted by Crippen LogP contribution is -2.44. The molecule has 1 atom stereocenters. The number of aliphatic hydroxyl groups is 1. The highest BCUT2D eigenvalue weighted by molar-refractivity contribution is 7.09. The van der Waals surface area contributed by atoms with E-state index in [2.05, 4.69) is 31.1 Å². The van der Waals surface area contributed by atoms with E-state index >= 15 is 0 Å². The molecule has 1 aromatic carbocycles. The number of thiazole rings is 1. The van der Waals surface area contributed by atoms with Crippen LogP contribution in [0.3, 0.4) is 0 Å². The number of hydrazine groups is 1. The van der Waals surface area contributed by atoms with Crippen LogP contribution in [0.4, 0.5) is 0 Å². The van der Waals surface area contributed by atoms with Gasteiger partial charge < -0.3 is 10.0 Å². The summed E-state index contributed by atoms with van der Waals surface area (Å²) in [6.07, 6.45) is -0.0259. The summed E-state index contributed by atoms with van der Waals surface area (Å²) in [4.78, 5) is 44.0. The van der Waals surface area contributed by atoms with Gasteiger partial charge in [-0.15, -0.1) is 21.5 Å². The van der Waals surface area contributed by atoms with Gasteiger partial charge in [-0.1, -0.05) is 30.3 Å². The Hall–Kier alpha value is -4.23. The van der Waals surface area contributed by atoms with Gasteiger partial charge in [-0.25, -0.2) is 9.50 Å².